The summed E-state index contributed by atoms with van der Waals surface area (Å²) in [5, 5.41) is 0. The van der Waals surface area contributed by atoms with Crippen LogP contribution in [0.4, 0.5) is 5.69 Å². The van der Waals surface area contributed by atoms with E-state index < -0.39 is 0 Å². The highest BCUT2D eigenvalue weighted by Crippen LogP contribution is 2.14. The van der Waals surface area contributed by atoms with Gasteiger partial charge in [0, 0.05) is 25.7 Å². The van der Waals surface area contributed by atoms with Gasteiger partial charge in [-0.05, 0) is 30.7 Å². The number of carbonyl (C=O) groups is 2. The summed E-state index contributed by atoms with van der Waals surface area (Å²) >= 11 is 0. The van der Waals surface area contributed by atoms with Crippen LogP contribution >= 0.6 is 0 Å². The van der Waals surface area contributed by atoms with Crippen LogP contribution in [-0.2, 0) is 14.3 Å². The number of hydrogen-bond donors (Lipinski definition) is 0. The fraction of sp³-hybridized carbons (Fsp3) is 0.286. The molecule has 0 heterocycles. The maximum atomic E-state index is 11.2. The van der Waals surface area contributed by atoms with Gasteiger partial charge >= 0.3 is 5.97 Å². The van der Waals surface area contributed by atoms with Crippen molar-refractivity contribution in [1.82, 2.24) is 0 Å². The molecule has 0 saturated carbocycles. The zero-order valence-electron chi connectivity index (χ0n) is 10.8. The molecule has 4 heteroatoms. The molecule has 0 saturated heterocycles. The van der Waals surface area contributed by atoms with Crippen LogP contribution in [0.15, 0.2) is 30.3 Å². The smallest absolute Gasteiger partial charge is 0.330 e. The van der Waals surface area contributed by atoms with E-state index in [1.54, 1.807) is 24.9 Å². The number of esters is 1. The molecule has 0 aliphatic carbocycles. The third-order valence-electron chi connectivity index (χ3n) is 2.45. The highest BCUT2D eigenvalue weighted by molar-refractivity contribution is 5.91. The zero-order chi connectivity index (χ0) is 13.5. The van der Waals surface area contributed by atoms with E-state index in [9.17, 15) is 9.59 Å². The number of benzene rings is 1. The summed E-state index contributed by atoms with van der Waals surface area (Å²) in [4.78, 5) is 23.8. The monoisotopic (exact) mass is 247 g/mol. The van der Waals surface area contributed by atoms with Crippen molar-refractivity contribution in [2.24, 2.45) is 0 Å². The Morgan fingerprint density at radius 3 is 2.39 bits per heavy atom. The van der Waals surface area contributed by atoms with Crippen LogP contribution in [0.3, 0.4) is 0 Å². The number of nitrogens with zero attached hydrogens (tertiary/aromatic N) is 1. The Morgan fingerprint density at radius 2 is 1.89 bits per heavy atom. The lowest BCUT2D eigenvalue weighted by Gasteiger charge is -2.14. The number of carbonyl (C=O) groups excluding carboxylic acids is 2. The molecule has 0 aliphatic heterocycles. The molecule has 0 unspecified atom stereocenters. The van der Waals surface area contributed by atoms with Gasteiger partial charge in [0.2, 0.25) is 5.91 Å². The molecule has 0 radical (unpaired) electrons. The lowest BCUT2D eigenvalue weighted by atomic mass is 10.2. The molecule has 96 valence electrons. The van der Waals surface area contributed by atoms with Crippen LogP contribution in [0.1, 0.15) is 19.4 Å². The van der Waals surface area contributed by atoms with Crippen molar-refractivity contribution >= 4 is 23.6 Å². The van der Waals surface area contributed by atoms with E-state index in [2.05, 4.69) is 0 Å². The Bertz CT molecular complexity index is 449. The van der Waals surface area contributed by atoms with E-state index in [-0.39, 0.29) is 11.9 Å². The van der Waals surface area contributed by atoms with Gasteiger partial charge in [0.25, 0.3) is 0 Å². The molecule has 1 amide bonds. The van der Waals surface area contributed by atoms with Gasteiger partial charge in [-0.25, -0.2) is 4.79 Å². The number of rotatable bonds is 4. The van der Waals surface area contributed by atoms with Crippen molar-refractivity contribution in [3.8, 4) is 0 Å². The van der Waals surface area contributed by atoms with Gasteiger partial charge in [-0.3, -0.25) is 4.79 Å². The zero-order valence-corrected chi connectivity index (χ0v) is 10.8. The summed E-state index contributed by atoms with van der Waals surface area (Å²) in [6.45, 7) is 3.64. The topological polar surface area (TPSA) is 46.6 Å². The molecule has 4 nitrogen and oxygen atoms in total. The van der Waals surface area contributed by atoms with Gasteiger partial charge in [0.1, 0.15) is 0 Å². The predicted molar refractivity (Wildman–Crippen MR) is 71.2 cm³/mol. The third-order valence-corrected chi connectivity index (χ3v) is 2.45. The first-order valence-electron chi connectivity index (χ1n) is 5.73. The molecule has 1 rings (SSSR count). The summed E-state index contributed by atoms with van der Waals surface area (Å²) < 4.78 is 4.78. The predicted octanol–water partition coefficient (Wildman–Crippen LogP) is 2.25. The van der Waals surface area contributed by atoms with Crippen molar-refractivity contribution in [2.75, 3.05) is 18.6 Å². The molecule has 1 aromatic carbocycles. The minimum Gasteiger partial charge on any atom is -0.463 e. The molecule has 0 atom stereocenters. The summed E-state index contributed by atoms with van der Waals surface area (Å²) in [7, 11) is 1.71. The average molecular weight is 247 g/mol. The van der Waals surface area contributed by atoms with Crippen LogP contribution in [0, 0.1) is 0 Å². The van der Waals surface area contributed by atoms with Crippen molar-refractivity contribution < 1.29 is 14.3 Å². The normalized spacial score (nSPS) is 10.4. The van der Waals surface area contributed by atoms with E-state index in [0.717, 1.165) is 11.3 Å². The van der Waals surface area contributed by atoms with Crippen LogP contribution < -0.4 is 4.90 Å². The van der Waals surface area contributed by atoms with Gasteiger partial charge in [-0.15, -0.1) is 0 Å². The van der Waals surface area contributed by atoms with Crippen molar-refractivity contribution in [2.45, 2.75) is 13.8 Å². The van der Waals surface area contributed by atoms with Gasteiger partial charge in [-0.1, -0.05) is 12.1 Å². The number of hydrogen-bond acceptors (Lipinski definition) is 3. The van der Waals surface area contributed by atoms with Crippen LogP contribution in [0.25, 0.3) is 6.08 Å². The van der Waals surface area contributed by atoms with Crippen molar-refractivity contribution in [3.63, 3.8) is 0 Å². The Labute approximate surface area is 107 Å². The highest BCUT2D eigenvalue weighted by Gasteiger charge is 2.04. The van der Waals surface area contributed by atoms with Crippen molar-refractivity contribution in [3.05, 3.63) is 35.9 Å². The second kappa shape index (κ2) is 6.59. The molecule has 0 spiro atoms. The Morgan fingerprint density at radius 1 is 1.28 bits per heavy atom. The number of amides is 1. The number of ether oxygens (including phenoxy) is 1. The highest BCUT2D eigenvalue weighted by atomic mass is 16.5. The Kier molecular flexibility index (Phi) is 5.11. The first-order valence-corrected chi connectivity index (χ1v) is 5.73. The van der Waals surface area contributed by atoms with Crippen molar-refractivity contribution in [1.29, 1.82) is 0 Å². The molecule has 0 aromatic heterocycles. The third kappa shape index (κ3) is 4.05. The van der Waals surface area contributed by atoms with E-state index >= 15 is 0 Å². The minimum atomic E-state index is -0.359. The lowest BCUT2D eigenvalue weighted by molar-refractivity contribution is -0.137. The molecular formula is C14H17NO3. The molecule has 1 aromatic rings. The van der Waals surface area contributed by atoms with E-state index in [0.29, 0.717) is 6.61 Å². The minimum absolute atomic E-state index is 0.0233. The molecule has 0 aliphatic rings. The molecule has 0 N–H and O–H groups in total. The SMILES string of the molecule is CCOC(=O)/C=C/c1ccc(N(C)C(C)=O)cc1. The van der Waals surface area contributed by atoms with Gasteiger partial charge < -0.3 is 9.64 Å². The Balaban J connectivity index is 2.71. The van der Waals surface area contributed by atoms with Crippen LogP contribution in [0.2, 0.25) is 0 Å². The molecular weight excluding hydrogens is 230 g/mol. The van der Waals surface area contributed by atoms with E-state index in [1.807, 2.05) is 24.3 Å². The molecule has 0 bridgehead atoms. The van der Waals surface area contributed by atoms with Crippen LogP contribution in [-0.4, -0.2) is 25.5 Å². The maximum absolute atomic E-state index is 11.2. The fourth-order valence-electron chi connectivity index (χ4n) is 1.35. The molecule has 0 fully saturated rings. The summed E-state index contributed by atoms with van der Waals surface area (Å²) in [5.74, 6) is -0.382. The van der Waals surface area contributed by atoms with Crippen LogP contribution in [0.5, 0.6) is 0 Å². The number of anilines is 1. The Hall–Kier alpha value is -2.10. The van der Waals surface area contributed by atoms with Gasteiger partial charge in [-0.2, -0.15) is 0 Å². The standard InChI is InChI=1S/C14H17NO3/c1-4-18-14(17)10-7-12-5-8-13(9-6-12)15(3)11(2)16/h5-10H,4H2,1-3H3/b10-7+. The first kappa shape index (κ1) is 14.0. The quantitative estimate of drug-likeness (QED) is 0.605. The van der Waals surface area contributed by atoms with Gasteiger partial charge in [0.05, 0.1) is 6.61 Å². The lowest BCUT2D eigenvalue weighted by Crippen LogP contribution is -2.22. The molecule has 18 heavy (non-hydrogen) atoms. The summed E-state index contributed by atoms with van der Waals surface area (Å²) in [6.07, 6.45) is 3.06. The second-order valence-corrected chi connectivity index (χ2v) is 3.75. The second-order valence-electron chi connectivity index (χ2n) is 3.75. The maximum Gasteiger partial charge on any atom is 0.330 e. The summed E-state index contributed by atoms with van der Waals surface area (Å²) in [6, 6.07) is 7.33. The average Bonchev–Trinajstić information content (AvgIpc) is 2.36. The largest absolute Gasteiger partial charge is 0.463 e. The first-order chi connectivity index (χ1) is 8.54. The fourth-order valence-corrected chi connectivity index (χ4v) is 1.35. The van der Waals surface area contributed by atoms with E-state index in [4.69, 9.17) is 4.74 Å². The summed E-state index contributed by atoms with van der Waals surface area (Å²) in [5.41, 5.74) is 1.69. The van der Waals surface area contributed by atoms with E-state index in [1.165, 1.54) is 13.0 Å². The van der Waals surface area contributed by atoms with Gasteiger partial charge in [0.15, 0.2) is 0 Å².